The van der Waals surface area contributed by atoms with Crippen molar-refractivity contribution in [2.24, 2.45) is 34.5 Å². The molecule has 0 radical (unpaired) electrons. The van der Waals surface area contributed by atoms with E-state index in [9.17, 15) is 24.0 Å². The molecule has 4 saturated heterocycles. The quantitative estimate of drug-likeness (QED) is 0.108. The lowest BCUT2D eigenvalue weighted by atomic mass is 9.65. The Hall–Kier alpha value is -2.73. The number of carbonyl (C=O) groups excluding carboxylic acids is 5. The Bertz CT molecular complexity index is 1260. The zero-order chi connectivity index (χ0) is 35.6. The molecule has 4 saturated carbocycles. The van der Waals surface area contributed by atoms with Gasteiger partial charge in [0, 0.05) is 19.3 Å². The first-order valence-electron chi connectivity index (χ1n) is 18.3. The van der Waals surface area contributed by atoms with E-state index in [-0.39, 0.29) is 80.1 Å². The highest BCUT2D eigenvalue weighted by molar-refractivity contribution is 5.76. The molecule has 0 N–H and O–H groups in total. The molecule has 0 amide bonds. The SMILES string of the molecule is CCC(C)(C)C(=O)OCCOCC(=O)OC12CC3CC(C1)OC(=O)C(C3)C2.CCC(C)(C)C(=O)OCOC12CC3CC(C1)OC(=O)C(C3)C2. The van der Waals surface area contributed by atoms with Gasteiger partial charge in [-0.1, -0.05) is 13.8 Å². The van der Waals surface area contributed by atoms with Crippen LogP contribution in [0.25, 0.3) is 0 Å². The second kappa shape index (κ2) is 14.9. The maximum absolute atomic E-state index is 12.2. The van der Waals surface area contributed by atoms with Crippen LogP contribution in [0.15, 0.2) is 0 Å². The molecule has 0 aromatic carbocycles. The predicted octanol–water partition coefficient (Wildman–Crippen LogP) is 5.21. The molecule has 4 aliphatic carbocycles. The van der Waals surface area contributed by atoms with Gasteiger partial charge in [0.15, 0.2) is 6.79 Å². The standard InChI is InChI=1S/C20H30O7.C17H26O5/c1-4-19(2,3)18(23)25-6-5-24-12-16(21)27-20-9-13-7-14(10-20)17(22)26-15(8-13)11-20;1-4-16(2,3)15(19)20-10-21-17-7-11-5-12(8-17)14(18)22-13(6-11)9-17/h13-15H,4-12H2,1-3H3;11-13H,4-10H2,1-3H3. The molecule has 4 aliphatic heterocycles. The van der Waals surface area contributed by atoms with Crippen LogP contribution in [-0.2, 0) is 57.1 Å². The summed E-state index contributed by atoms with van der Waals surface area (Å²) >= 11 is 0. The van der Waals surface area contributed by atoms with E-state index in [1.165, 1.54) is 0 Å². The zero-order valence-electron chi connectivity index (χ0n) is 30.2. The van der Waals surface area contributed by atoms with Crippen LogP contribution < -0.4 is 0 Å². The highest BCUT2D eigenvalue weighted by atomic mass is 16.7. The normalized spacial score (nSPS) is 34.2. The fourth-order valence-corrected chi connectivity index (χ4v) is 8.56. The highest BCUT2D eigenvalue weighted by Gasteiger charge is 2.55. The molecular formula is C37H56O12. The van der Waals surface area contributed by atoms with Crippen LogP contribution in [0.2, 0.25) is 0 Å². The van der Waals surface area contributed by atoms with Crippen LogP contribution in [0.1, 0.15) is 119 Å². The molecule has 12 nitrogen and oxygen atoms in total. The van der Waals surface area contributed by atoms with Crippen LogP contribution in [0.5, 0.6) is 0 Å². The van der Waals surface area contributed by atoms with Crippen molar-refractivity contribution >= 4 is 29.8 Å². The van der Waals surface area contributed by atoms with Gasteiger partial charge >= 0.3 is 29.8 Å². The van der Waals surface area contributed by atoms with Crippen LogP contribution >= 0.6 is 0 Å². The van der Waals surface area contributed by atoms with Crippen LogP contribution in [-0.4, -0.2) is 79.9 Å². The van der Waals surface area contributed by atoms with Crippen molar-refractivity contribution in [3.8, 4) is 0 Å². The van der Waals surface area contributed by atoms with E-state index in [1.54, 1.807) is 0 Å². The van der Waals surface area contributed by atoms with Crippen molar-refractivity contribution < 1.29 is 57.1 Å². The summed E-state index contributed by atoms with van der Waals surface area (Å²) in [5.74, 6) is -0.494. The largest absolute Gasteiger partial charge is 0.463 e. The van der Waals surface area contributed by atoms with Crippen molar-refractivity contribution in [1.29, 1.82) is 0 Å². The maximum Gasteiger partial charge on any atom is 0.332 e. The smallest absolute Gasteiger partial charge is 0.332 e. The lowest BCUT2D eigenvalue weighted by molar-refractivity contribution is -0.199. The minimum Gasteiger partial charge on any atom is -0.463 e. The third kappa shape index (κ3) is 8.96. The van der Waals surface area contributed by atoms with E-state index < -0.39 is 22.4 Å². The van der Waals surface area contributed by atoms with E-state index in [0.29, 0.717) is 37.5 Å². The van der Waals surface area contributed by atoms with Gasteiger partial charge in [0.05, 0.1) is 34.9 Å². The Morgan fingerprint density at radius 2 is 1.20 bits per heavy atom. The Kier molecular flexibility index (Phi) is 11.4. The topological polar surface area (TPSA) is 150 Å². The predicted molar refractivity (Wildman–Crippen MR) is 173 cm³/mol. The molecule has 12 heteroatoms. The van der Waals surface area contributed by atoms with Crippen LogP contribution in [0.4, 0.5) is 0 Å². The van der Waals surface area contributed by atoms with Gasteiger partial charge < -0.3 is 33.2 Å². The van der Waals surface area contributed by atoms with Gasteiger partial charge in [-0.25, -0.2) is 4.79 Å². The Morgan fingerprint density at radius 3 is 1.78 bits per heavy atom. The molecule has 0 aromatic heterocycles. The number of ether oxygens (including phenoxy) is 7. The van der Waals surface area contributed by atoms with Gasteiger partial charge in [0.1, 0.15) is 31.0 Å². The molecule has 276 valence electrons. The summed E-state index contributed by atoms with van der Waals surface area (Å²) in [5, 5.41) is 0. The van der Waals surface area contributed by atoms with Crippen LogP contribution in [0, 0.1) is 34.5 Å². The number of carbonyl (C=O) groups is 5. The first-order valence-corrected chi connectivity index (χ1v) is 18.3. The Morgan fingerprint density at radius 1 is 0.694 bits per heavy atom. The first kappa shape index (κ1) is 37.5. The van der Waals surface area contributed by atoms with Gasteiger partial charge in [-0.3, -0.25) is 19.2 Å². The number of rotatable bonds is 13. The fourth-order valence-electron chi connectivity index (χ4n) is 8.56. The molecule has 8 unspecified atom stereocenters. The number of hydrogen-bond acceptors (Lipinski definition) is 12. The van der Waals surface area contributed by atoms with Gasteiger partial charge in [-0.05, 0) is 97.3 Å². The van der Waals surface area contributed by atoms with E-state index in [1.807, 2.05) is 41.5 Å². The van der Waals surface area contributed by atoms with Crippen molar-refractivity contribution in [3.05, 3.63) is 0 Å². The van der Waals surface area contributed by atoms with E-state index >= 15 is 0 Å². The third-order valence-electron chi connectivity index (χ3n) is 11.9. The molecule has 8 bridgehead atoms. The van der Waals surface area contributed by atoms with Gasteiger partial charge in [-0.2, -0.15) is 0 Å². The van der Waals surface area contributed by atoms with E-state index in [4.69, 9.17) is 33.2 Å². The summed E-state index contributed by atoms with van der Waals surface area (Å²) in [7, 11) is 0. The van der Waals surface area contributed by atoms with Crippen LogP contribution in [0.3, 0.4) is 0 Å². The lowest BCUT2D eigenvalue weighted by Gasteiger charge is -2.45. The molecule has 0 aromatic rings. The highest BCUT2D eigenvalue weighted by Crippen LogP contribution is 2.52. The van der Waals surface area contributed by atoms with Gasteiger partial charge in [0.2, 0.25) is 0 Å². The Balaban J connectivity index is 0.000000195. The molecule has 49 heavy (non-hydrogen) atoms. The van der Waals surface area contributed by atoms with Gasteiger partial charge in [0.25, 0.3) is 0 Å². The summed E-state index contributed by atoms with van der Waals surface area (Å²) in [6.07, 6.45) is 9.16. The molecular weight excluding hydrogens is 636 g/mol. The van der Waals surface area contributed by atoms with Crippen molar-refractivity contribution in [2.75, 3.05) is 26.6 Å². The number of fused-ring (bicyclic) bond motifs is 2. The lowest BCUT2D eigenvalue weighted by Crippen LogP contribution is -2.48. The summed E-state index contributed by atoms with van der Waals surface area (Å²) in [4.78, 5) is 60.2. The molecule has 8 rings (SSSR count). The van der Waals surface area contributed by atoms with Crippen molar-refractivity contribution in [1.82, 2.24) is 0 Å². The molecule has 4 heterocycles. The molecule has 8 fully saturated rings. The minimum atomic E-state index is -0.597. The second-order valence-corrected chi connectivity index (χ2v) is 16.6. The summed E-state index contributed by atoms with van der Waals surface area (Å²) in [5.41, 5.74) is -1.95. The molecule has 8 atom stereocenters. The van der Waals surface area contributed by atoms with Crippen molar-refractivity contribution in [2.45, 2.75) is 142 Å². The van der Waals surface area contributed by atoms with Gasteiger partial charge in [-0.15, -0.1) is 0 Å². The number of esters is 5. The third-order valence-corrected chi connectivity index (χ3v) is 11.9. The number of hydrogen-bond donors (Lipinski definition) is 0. The minimum absolute atomic E-state index is 0.0252. The average Bonchev–Trinajstić information content (AvgIpc) is 3.30. The first-order chi connectivity index (χ1) is 23.1. The summed E-state index contributed by atoms with van der Waals surface area (Å²) < 4.78 is 38.6. The molecule has 0 spiro atoms. The second-order valence-electron chi connectivity index (χ2n) is 16.6. The van der Waals surface area contributed by atoms with Crippen molar-refractivity contribution in [3.63, 3.8) is 0 Å². The van der Waals surface area contributed by atoms with E-state index in [0.717, 1.165) is 51.4 Å². The average molecular weight is 693 g/mol. The fraction of sp³-hybridized carbons (Fsp3) is 0.865. The zero-order valence-corrected chi connectivity index (χ0v) is 30.2. The maximum atomic E-state index is 12.2. The monoisotopic (exact) mass is 692 g/mol. The summed E-state index contributed by atoms with van der Waals surface area (Å²) in [6.45, 7) is 11.3. The molecule has 8 aliphatic rings. The Labute approximate surface area is 289 Å². The van der Waals surface area contributed by atoms with E-state index in [2.05, 4.69) is 0 Å². The summed E-state index contributed by atoms with van der Waals surface area (Å²) in [6, 6.07) is 0.